The molecule has 0 amide bonds. The van der Waals surface area contributed by atoms with E-state index in [1.165, 1.54) is 44.9 Å². The van der Waals surface area contributed by atoms with Crippen molar-refractivity contribution >= 4 is 0 Å². The predicted octanol–water partition coefficient (Wildman–Crippen LogP) is 6.95. The van der Waals surface area contributed by atoms with Gasteiger partial charge in [0.05, 0.1) is 0 Å². The Morgan fingerprint density at radius 1 is 0.739 bits per heavy atom. The molecule has 0 aromatic rings. The highest BCUT2D eigenvalue weighted by atomic mass is 19.4. The molecular formula is C19H35F3O. The maximum atomic E-state index is 12.1. The Balaban J connectivity index is 3.22. The van der Waals surface area contributed by atoms with Crippen molar-refractivity contribution in [3.63, 3.8) is 0 Å². The van der Waals surface area contributed by atoms with Gasteiger partial charge in [-0.3, -0.25) is 0 Å². The molecule has 1 N–H and O–H groups in total. The molecule has 0 rings (SSSR count). The summed E-state index contributed by atoms with van der Waals surface area (Å²) in [5.74, 6) is 0. The van der Waals surface area contributed by atoms with Crippen molar-refractivity contribution in [1.29, 1.82) is 0 Å². The van der Waals surface area contributed by atoms with Crippen LogP contribution < -0.4 is 0 Å². The molecule has 0 aliphatic heterocycles. The van der Waals surface area contributed by atoms with E-state index in [9.17, 15) is 13.2 Å². The largest absolute Gasteiger partial charge is 0.414 e. The van der Waals surface area contributed by atoms with E-state index in [1.807, 2.05) is 0 Å². The fourth-order valence-corrected chi connectivity index (χ4v) is 2.57. The molecule has 1 nitrogen and oxygen atoms in total. The molecule has 0 aromatic carbocycles. The first-order chi connectivity index (χ1) is 11.0. The van der Waals surface area contributed by atoms with Crippen LogP contribution in [0.3, 0.4) is 0 Å². The van der Waals surface area contributed by atoms with Crippen molar-refractivity contribution in [2.75, 3.05) is 0 Å². The van der Waals surface area contributed by atoms with Gasteiger partial charge in [-0.1, -0.05) is 76.9 Å². The third kappa shape index (κ3) is 16.1. The number of hydrogen-bond donors (Lipinski definition) is 1. The van der Waals surface area contributed by atoms with E-state index in [1.54, 1.807) is 0 Å². The van der Waals surface area contributed by atoms with Gasteiger partial charge in [-0.25, -0.2) is 0 Å². The second kappa shape index (κ2) is 15.0. The van der Waals surface area contributed by atoms with E-state index in [2.05, 4.69) is 19.1 Å². The number of unbranched alkanes of at least 4 members (excludes halogenated alkanes) is 11. The number of alkyl halides is 3. The highest BCUT2D eigenvalue weighted by molar-refractivity contribution is 4.81. The van der Waals surface area contributed by atoms with Crippen molar-refractivity contribution in [3.05, 3.63) is 12.2 Å². The van der Waals surface area contributed by atoms with E-state index in [0.717, 1.165) is 32.1 Å². The number of aliphatic hydroxyl groups excluding tert-OH is 1. The molecule has 0 aliphatic rings. The Morgan fingerprint density at radius 2 is 1.17 bits per heavy atom. The highest BCUT2D eigenvalue weighted by Gasteiger charge is 2.37. The minimum atomic E-state index is -4.46. The molecule has 4 heteroatoms. The van der Waals surface area contributed by atoms with Crippen LogP contribution in [0.15, 0.2) is 12.2 Å². The molecule has 0 heterocycles. The van der Waals surface area contributed by atoms with Crippen molar-refractivity contribution in [2.45, 2.75) is 109 Å². The topological polar surface area (TPSA) is 20.2 Å². The van der Waals surface area contributed by atoms with Gasteiger partial charge in [0.1, 0.15) is 6.10 Å². The summed E-state index contributed by atoms with van der Waals surface area (Å²) in [5, 5.41) is 8.86. The molecular weight excluding hydrogens is 301 g/mol. The van der Waals surface area contributed by atoms with E-state index in [-0.39, 0.29) is 6.42 Å². The van der Waals surface area contributed by atoms with Crippen LogP contribution in [0.5, 0.6) is 0 Å². The number of allylic oxidation sites excluding steroid dienone is 2. The fraction of sp³-hybridized carbons (Fsp3) is 0.895. The number of hydrogen-bond acceptors (Lipinski definition) is 1. The predicted molar refractivity (Wildman–Crippen MR) is 91.5 cm³/mol. The van der Waals surface area contributed by atoms with Gasteiger partial charge in [0.15, 0.2) is 0 Å². The Bertz CT molecular complexity index is 274. The molecule has 0 saturated carbocycles. The van der Waals surface area contributed by atoms with Gasteiger partial charge in [-0.2, -0.15) is 13.2 Å². The summed E-state index contributed by atoms with van der Waals surface area (Å²) in [4.78, 5) is 0. The zero-order valence-electron chi connectivity index (χ0n) is 14.7. The van der Waals surface area contributed by atoms with Crippen LogP contribution in [0.2, 0.25) is 0 Å². The second-order valence-electron chi connectivity index (χ2n) is 6.43. The molecule has 0 bridgehead atoms. The lowest BCUT2D eigenvalue weighted by atomic mass is 10.1. The molecule has 0 saturated heterocycles. The van der Waals surface area contributed by atoms with Crippen LogP contribution in [0.25, 0.3) is 0 Å². The minimum Gasteiger partial charge on any atom is -0.384 e. The normalized spacial score (nSPS) is 13.8. The van der Waals surface area contributed by atoms with Gasteiger partial charge in [0.25, 0.3) is 0 Å². The quantitative estimate of drug-likeness (QED) is 0.253. The van der Waals surface area contributed by atoms with Gasteiger partial charge in [-0.15, -0.1) is 0 Å². The maximum Gasteiger partial charge on any atom is 0.414 e. The summed E-state index contributed by atoms with van der Waals surface area (Å²) in [7, 11) is 0. The lowest BCUT2D eigenvalue weighted by Crippen LogP contribution is -2.28. The van der Waals surface area contributed by atoms with Crippen LogP contribution in [0.4, 0.5) is 13.2 Å². The van der Waals surface area contributed by atoms with E-state index in [0.29, 0.717) is 6.42 Å². The third-order valence-electron chi connectivity index (χ3n) is 4.12. The number of aliphatic hydroxyl groups is 1. The smallest absolute Gasteiger partial charge is 0.384 e. The van der Waals surface area contributed by atoms with Crippen molar-refractivity contribution in [2.24, 2.45) is 0 Å². The van der Waals surface area contributed by atoms with Gasteiger partial charge < -0.3 is 5.11 Å². The molecule has 0 spiro atoms. The van der Waals surface area contributed by atoms with E-state index < -0.39 is 12.3 Å². The van der Waals surface area contributed by atoms with Crippen LogP contribution in [-0.4, -0.2) is 17.4 Å². The summed E-state index contributed by atoms with van der Waals surface area (Å²) < 4.78 is 36.2. The SMILES string of the molecule is CCCCCCCC/C=C\CCCCCCC[C@H](O)C(F)(F)F. The van der Waals surface area contributed by atoms with Gasteiger partial charge in [0.2, 0.25) is 0 Å². The van der Waals surface area contributed by atoms with Gasteiger partial charge in [-0.05, 0) is 32.1 Å². The molecule has 23 heavy (non-hydrogen) atoms. The van der Waals surface area contributed by atoms with Gasteiger partial charge in [0, 0.05) is 0 Å². The Morgan fingerprint density at radius 3 is 1.65 bits per heavy atom. The standard InChI is InChI=1S/C19H35F3O/c1-2-3-4-5-6-7-8-9-10-11-12-13-14-15-16-17-18(23)19(20,21)22/h9-10,18,23H,2-8,11-17H2,1H3/b10-9-/t18-/m0/s1. The Kier molecular flexibility index (Phi) is 14.7. The zero-order chi connectivity index (χ0) is 17.4. The summed E-state index contributed by atoms with van der Waals surface area (Å²) >= 11 is 0. The van der Waals surface area contributed by atoms with E-state index >= 15 is 0 Å². The van der Waals surface area contributed by atoms with Crippen LogP contribution in [-0.2, 0) is 0 Å². The number of halogens is 3. The maximum absolute atomic E-state index is 12.1. The average Bonchev–Trinajstić information content (AvgIpc) is 2.50. The van der Waals surface area contributed by atoms with Crippen molar-refractivity contribution in [1.82, 2.24) is 0 Å². The first-order valence-corrected chi connectivity index (χ1v) is 9.38. The first kappa shape index (κ1) is 22.5. The Labute approximate surface area is 140 Å². The summed E-state index contributed by atoms with van der Waals surface area (Å²) in [6.45, 7) is 2.23. The first-order valence-electron chi connectivity index (χ1n) is 9.38. The second-order valence-corrected chi connectivity index (χ2v) is 6.43. The van der Waals surface area contributed by atoms with Crippen LogP contribution >= 0.6 is 0 Å². The highest BCUT2D eigenvalue weighted by Crippen LogP contribution is 2.24. The van der Waals surface area contributed by atoms with Crippen LogP contribution in [0.1, 0.15) is 96.8 Å². The Hall–Kier alpha value is -0.510. The summed E-state index contributed by atoms with van der Waals surface area (Å²) in [5.41, 5.74) is 0. The molecule has 1 atom stereocenters. The fourth-order valence-electron chi connectivity index (χ4n) is 2.57. The molecule has 0 unspecified atom stereocenters. The molecule has 138 valence electrons. The van der Waals surface area contributed by atoms with Gasteiger partial charge >= 0.3 is 6.18 Å². The zero-order valence-corrected chi connectivity index (χ0v) is 14.7. The summed E-state index contributed by atoms with van der Waals surface area (Å²) in [6, 6.07) is 0. The lowest BCUT2D eigenvalue weighted by molar-refractivity contribution is -0.205. The molecule has 0 aromatic heterocycles. The molecule has 0 radical (unpaired) electrons. The lowest BCUT2D eigenvalue weighted by Gasteiger charge is -2.13. The minimum absolute atomic E-state index is 0.165. The third-order valence-corrected chi connectivity index (χ3v) is 4.12. The summed E-state index contributed by atoms with van der Waals surface area (Å²) in [6.07, 6.45) is 12.3. The average molecular weight is 336 g/mol. The monoisotopic (exact) mass is 336 g/mol. The van der Waals surface area contributed by atoms with E-state index in [4.69, 9.17) is 5.11 Å². The van der Waals surface area contributed by atoms with Crippen LogP contribution in [0, 0.1) is 0 Å². The molecule has 0 fully saturated rings. The van der Waals surface area contributed by atoms with Crippen molar-refractivity contribution in [3.8, 4) is 0 Å². The number of rotatable bonds is 15. The molecule has 0 aliphatic carbocycles. The van der Waals surface area contributed by atoms with Crippen molar-refractivity contribution < 1.29 is 18.3 Å².